The third kappa shape index (κ3) is 3.62. The summed E-state index contributed by atoms with van der Waals surface area (Å²) in [5.74, 6) is 0. The Morgan fingerprint density at radius 2 is 1.88 bits per heavy atom. The number of alkyl halides is 3. The van der Waals surface area contributed by atoms with Gasteiger partial charge in [0.05, 0.1) is 10.6 Å². The highest BCUT2D eigenvalue weighted by Gasteiger charge is 2.30. The SMILES string of the molecule is Cc1cc(-c2csc(-c3ccc([N+](=O)[O-])cc3)n2)c(C)n1CC(F)(F)F. The number of halogens is 3. The number of non-ortho nitro benzene ring substituents is 1. The largest absolute Gasteiger partial charge is 0.406 e. The van der Waals surface area contributed by atoms with Crippen molar-refractivity contribution in [2.75, 3.05) is 0 Å². The van der Waals surface area contributed by atoms with Gasteiger partial charge in [-0.3, -0.25) is 10.1 Å². The summed E-state index contributed by atoms with van der Waals surface area (Å²) in [6, 6.07) is 7.69. The lowest BCUT2D eigenvalue weighted by atomic mass is 10.2. The van der Waals surface area contributed by atoms with Crippen molar-refractivity contribution >= 4 is 17.0 Å². The van der Waals surface area contributed by atoms with Gasteiger partial charge >= 0.3 is 6.18 Å². The molecule has 2 heterocycles. The topological polar surface area (TPSA) is 61.0 Å². The lowest BCUT2D eigenvalue weighted by Crippen LogP contribution is -2.19. The fourth-order valence-electron chi connectivity index (χ4n) is 2.74. The molecule has 0 unspecified atom stereocenters. The quantitative estimate of drug-likeness (QED) is 0.451. The second kappa shape index (κ2) is 6.56. The molecule has 9 heteroatoms. The monoisotopic (exact) mass is 381 g/mol. The predicted molar refractivity (Wildman–Crippen MR) is 93.2 cm³/mol. The van der Waals surface area contributed by atoms with E-state index in [4.69, 9.17) is 0 Å². The smallest absolute Gasteiger partial charge is 0.339 e. The van der Waals surface area contributed by atoms with Crippen LogP contribution >= 0.6 is 11.3 Å². The summed E-state index contributed by atoms with van der Waals surface area (Å²) in [5.41, 5.74) is 2.96. The first-order chi connectivity index (χ1) is 12.2. The van der Waals surface area contributed by atoms with E-state index >= 15 is 0 Å². The van der Waals surface area contributed by atoms with Gasteiger partial charge in [-0.05, 0) is 32.0 Å². The molecule has 0 spiro atoms. The Balaban J connectivity index is 1.93. The molecule has 0 bridgehead atoms. The highest BCUT2D eigenvalue weighted by Crippen LogP contribution is 2.33. The van der Waals surface area contributed by atoms with E-state index in [1.807, 2.05) is 0 Å². The Labute approximate surface area is 150 Å². The number of thiazole rings is 1. The average molecular weight is 381 g/mol. The highest BCUT2D eigenvalue weighted by molar-refractivity contribution is 7.13. The van der Waals surface area contributed by atoms with Crippen LogP contribution in [0.3, 0.4) is 0 Å². The molecule has 0 aliphatic carbocycles. The normalized spacial score (nSPS) is 11.7. The second-order valence-corrected chi connectivity index (χ2v) is 6.69. The zero-order valence-corrected chi connectivity index (χ0v) is 14.7. The van der Waals surface area contributed by atoms with Gasteiger partial charge in [-0.2, -0.15) is 13.2 Å². The van der Waals surface area contributed by atoms with Crippen LogP contribution in [0.2, 0.25) is 0 Å². The zero-order chi connectivity index (χ0) is 19.1. The first kappa shape index (κ1) is 18.1. The summed E-state index contributed by atoms with van der Waals surface area (Å²) in [6.07, 6.45) is -4.29. The molecule has 3 aromatic rings. The third-order valence-electron chi connectivity index (χ3n) is 4.02. The first-order valence-corrected chi connectivity index (χ1v) is 8.48. The van der Waals surface area contributed by atoms with Gasteiger partial charge in [-0.25, -0.2) is 4.98 Å². The molecule has 26 heavy (non-hydrogen) atoms. The average Bonchev–Trinajstić information content (AvgIpc) is 3.14. The molecule has 0 N–H and O–H groups in total. The summed E-state index contributed by atoms with van der Waals surface area (Å²) in [7, 11) is 0. The van der Waals surface area contributed by atoms with Crippen molar-refractivity contribution in [2.45, 2.75) is 26.6 Å². The number of rotatable bonds is 4. The van der Waals surface area contributed by atoms with Gasteiger partial charge in [0.25, 0.3) is 5.69 Å². The van der Waals surface area contributed by atoms with Crippen molar-refractivity contribution in [3.8, 4) is 21.8 Å². The molecule has 0 aliphatic rings. The number of nitro benzene ring substituents is 1. The first-order valence-electron chi connectivity index (χ1n) is 7.60. The molecule has 3 rings (SSSR count). The fraction of sp³-hybridized carbons (Fsp3) is 0.235. The van der Waals surface area contributed by atoms with E-state index in [9.17, 15) is 23.3 Å². The van der Waals surface area contributed by atoms with Gasteiger partial charge in [0.15, 0.2) is 0 Å². The Hall–Kier alpha value is -2.68. The van der Waals surface area contributed by atoms with E-state index in [-0.39, 0.29) is 5.69 Å². The van der Waals surface area contributed by atoms with Crippen LogP contribution in [0.25, 0.3) is 21.8 Å². The van der Waals surface area contributed by atoms with Gasteiger partial charge in [0, 0.05) is 40.0 Å². The van der Waals surface area contributed by atoms with E-state index in [2.05, 4.69) is 4.98 Å². The van der Waals surface area contributed by atoms with E-state index < -0.39 is 17.6 Å². The molecule has 0 amide bonds. The van der Waals surface area contributed by atoms with Gasteiger partial charge in [0.1, 0.15) is 11.6 Å². The third-order valence-corrected chi connectivity index (χ3v) is 4.91. The summed E-state index contributed by atoms with van der Waals surface area (Å²) >= 11 is 1.34. The predicted octanol–water partition coefficient (Wildman–Crippen LogP) is 5.37. The minimum absolute atomic E-state index is 0.0128. The second-order valence-electron chi connectivity index (χ2n) is 5.83. The Morgan fingerprint density at radius 1 is 1.23 bits per heavy atom. The maximum atomic E-state index is 12.7. The van der Waals surface area contributed by atoms with Crippen LogP contribution in [-0.4, -0.2) is 20.7 Å². The molecule has 0 saturated carbocycles. The fourth-order valence-corrected chi connectivity index (χ4v) is 3.56. The molecular weight excluding hydrogens is 367 g/mol. The van der Waals surface area contributed by atoms with Crippen LogP contribution in [0.1, 0.15) is 11.4 Å². The molecular formula is C17H14F3N3O2S. The number of aromatic nitrogens is 2. The lowest BCUT2D eigenvalue weighted by Gasteiger charge is -2.12. The number of nitrogens with zero attached hydrogens (tertiary/aromatic N) is 3. The van der Waals surface area contributed by atoms with E-state index in [1.165, 1.54) is 28.0 Å². The van der Waals surface area contributed by atoms with Crippen molar-refractivity contribution in [1.29, 1.82) is 0 Å². The summed E-state index contributed by atoms with van der Waals surface area (Å²) in [6.45, 7) is 2.23. The molecule has 0 saturated heterocycles. The van der Waals surface area contributed by atoms with Crippen LogP contribution in [-0.2, 0) is 6.54 Å². The highest BCUT2D eigenvalue weighted by atomic mass is 32.1. The van der Waals surface area contributed by atoms with Crippen molar-refractivity contribution in [3.05, 3.63) is 57.2 Å². The number of hydrogen-bond acceptors (Lipinski definition) is 4. The minimum atomic E-state index is -4.29. The molecule has 5 nitrogen and oxygen atoms in total. The Morgan fingerprint density at radius 3 is 2.46 bits per heavy atom. The molecule has 0 fully saturated rings. The van der Waals surface area contributed by atoms with Gasteiger partial charge in [-0.1, -0.05) is 0 Å². The molecule has 1 aromatic carbocycles. The summed E-state index contributed by atoms with van der Waals surface area (Å²) < 4.78 is 39.5. The molecule has 136 valence electrons. The van der Waals surface area contributed by atoms with Gasteiger partial charge < -0.3 is 4.57 Å². The van der Waals surface area contributed by atoms with E-state index in [1.54, 1.807) is 37.4 Å². The number of aryl methyl sites for hydroxylation is 1. The summed E-state index contributed by atoms with van der Waals surface area (Å²) in [5, 5.41) is 13.1. The summed E-state index contributed by atoms with van der Waals surface area (Å²) in [4.78, 5) is 14.7. The Bertz CT molecular complexity index is 959. The molecule has 2 aromatic heterocycles. The van der Waals surface area contributed by atoms with Crippen molar-refractivity contribution in [3.63, 3.8) is 0 Å². The lowest BCUT2D eigenvalue weighted by molar-refractivity contribution is -0.384. The number of hydrogen-bond donors (Lipinski definition) is 0. The van der Waals surface area contributed by atoms with Gasteiger partial charge in [-0.15, -0.1) is 11.3 Å². The van der Waals surface area contributed by atoms with Crippen LogP contribution in [0.5, 0.6) is 0 Å². The maximum absolute atomic E-state index is 12.7. The van der Waals surface area contributed by atoms with Crippen LogP contribution in [0, 0.1) is 24.0 Å². The maximum Gasteiger partial charge on any atom is 0.406 e. The van der Waals surface area contributed by atoms with Crippen molar-refractivity contribution in [2.24, 2.45) is 0 Å². The van der Waals surface area contributed by atoms with E-state index in [0.717, 1.165) is 5.56 Å². The van der Waals surface area contributed by atoms with Crippen LogP contribution in [0.4, 0.5) is 18.9 Å². The standard InChI is InChI=1S/C17H14F3N3O2S/c1-10-7-14(11(2)22(10)9-17(18,19)20)15-8-26-16(21-15)12-3-5-13(6-4-12)23(24)25/h3-8H,9H2,1-2H3. The molecule has 0 atom stereocenters. The molecule has 0 aliphatic heterocycles. The van der Waals surface area contributed by atoms with Gasteiger partial charge in [0.2, 0.25) is 0 Å². The zero-order valence-electron chi connectivity index (χ0n) is 13.9. The number of benzene rings is 1. The Kier molecular flexibility index (Phi) is 4.57. The van der Waals surface area contributed by atoms with Crippen LogP contribution in [0.15, 0.2) is 35.7 Å². The van der Waals surface area contributed by atoms with Crippen molar-refractivity contribution in [1.82, 2.24) is 9.55 Å². The van der Waals surface area contributed by atoms with Crippen LogP contribution < -0.4 is 0 Å². The van der Waals surface area contributed by atoms with Crippen molar-refractivity contribution < 1.29 is 18.1 Å². The van der Waals surface area contributed by atoms with E-state index in [0.29, 0.717) is 27.7 Å². The molecule has 0 radical (unpaired) electrons. The number of nitro groups is 1. The minimum Gasteiger partial charge on any atom is -0.339 e.